The van der Waals surface area contributed by atoms with E-state index in [1.807, 2.05) is 6.07 Å². The number of aliphatic hydroxyl groups excluding tert-OH is 1. The fraction of sp³-hybridized carbons (Fsp3) is 0.571. The van der Waals surface area contributed by atoms with E-state index in [9.17, 15) is 14.7 Å². The van der Waals surface area contributed by atoms with E-state index in [1.54, 1.807) is 19.2 Å². The van der Waals surface area contributed by atoms with Gasteiger partial charge in [-0.15, -0.1) is 0 Å². The standard InChI is InChI=1S/C21H22N2O6/c1-9(24)16-15-12-8-29-18-17(25)21(12,15)14(22-16)7-20(18)11-5-4-10(27-2)6-13(11)23(28-3)19(20)26/h4-6,12,14-15,17-18,25H,7-8H2,1-3H3/t12-,14-,15+,17-,18+,20-,21+/m0/s1. The van der Waals surface area contributed by atoms with Crippen molar-refractivity contribution in [1.29, 1.82) is 0 Å². The molecule has 0 radical (unpaired) electrons. The van der Waals surface area contributed by atoms with Crippen LogP contribution in [-0.4, -0.2) is 61.6 Å². The van der Waals surface area contributed by atoms with Crippen molar-refractivity contribution in [1.82, 2.24) is 0 Å². The maximum Gasteiger partial charge on any atom is 0.264 e. The number of Topliss-reactive ketones (excluding diaryl/α,β-unsaturated/α-hetero) is 1. The number of anilines is 1. The summed E-state index contributed by atoms with van der Waals surface area (Å²) < 4.78 is 11.5. The Hall–Kier alpha value is -2.29. The number of rotatable bonds is 3. The second kappa shape index (κ2) is 5.24. The minimum atomic E-state index is -1.11. The topological polar surface area (TPSA) is 97.7 Å². The van der Waals surface area contributed by atoms with E-state index in [1.165, 1.54) is 19.1 Å². The zero-order valence-electron chi connectivity index (χ0n) is 16.4. The van der Waals surface area contributed by atoms with Gasteiger partial charge in [0.15, 0.2) is 5.78 Å². The summed E-state index contributed by atoms with van der Waals surface area (Å²) in [6.45, 7) is 1.94. The molecule has 2 saturated carbocycles. The number of carbonyl (C=O) groups excluding carboxylic acids is 2. The molecule has 29 heavy (non-hydrogen) atoms. The van der Waals surface area contributed by atoms with Gasteiger partial charge in [0.25, 0.3) is 5.91 Å². The van der Waals surface area contributed by atoms with Crippen molar-refractivity contribution in [2.75, 3.05) is 25.9 Å². The second-order valence-corrected chi connectivity index (χ2v) is 8.71. The Kier molecular flexibility index (Phi) is 3.18. The molecule has 1 aromatic rings. The molecule has 3 aliphatic heterocycles. The zero-order chi connectivity index (χ0) is 20.3. The first-order valence-corrected chi connectivity index (χ1v) is 9.88. The highest BCUT2D eigenvalue weighted by molar-refractivity contribution is 6.41. The summed E-state index contributed by atoms with van der Waals surface area (Å²) >= 11 is 0. The summed E-state index contributed by atoms with van der Waals surface area (Å²) in [5, 5.41) is 12.7. The van der Waals surface area contributed by atoms with E-state index in [0.29, 0.717) is 30.2 Å². The van der Waals surface area contributed by atoms with Crippen LogP contribution in [-0.2, 0) is 24.6 Å². The monoisotopic (exact) mass is 398 g/mol. The number of benzene rings is 1. The molecule has 1 N–H and O–H groups in total. The first-order valence-electron chi connectivity index (χ1n) is 9.88. The molecule has 0 unspecified atom stereocenters. The molecule has 2 spiro atoms. The number of hydrogen-bond acceptors (Lipinski definition) is 7. The molecule has 0 aromatic heterocycles. The number of ether oxygens (including phenoxy) is 2. The first kappa shape index (κ1) is 17.6. The molecule has 7 atom stereocenters. The average molecular weight is 398 g/mol. The van der Waals surface area contributed by atoms with Gasteiger partial charge in [0.05, 0.1) is 44.4 Å². The first-order chi connectivity index (χ1) is 13.9. The molecular weight excluding hydrogens is 376 g/mol. The van der Waals surface area contributed by atoms with E-state index in [4.69, 9.17) is 19.3 Å². The lowest BCUT2D eigenvalue weighted by Gasteiger charge is -2.51. The highest BCUT2D eigenvalue weighted by atomic mass is 16.7. The van der Waals surface area contributed by atoms with Crippen molar-refractivity contribution in [3.8, 4) is 5.75 Å². The highest BCUT2D eigenvalue weighted by Crippen LogP contribution is 2.75. The van der Waals surface area contributed by atoms with Crippen LogP contribution in [0.1, 0.15) is 18.9 Å². The van der Waals surface area contributed by atoms with Gasteiger partial charge < -0.3 is 14.6 Å². The Morgan fingerprint density at radius 1 is 1.38 bits per heavy atom. The molecule has 8 nitrogen and oxygen atoms in total. The summed E-state index contributed by atoms with van der Waals surface area (Å²) in [5.41, 5.74) is 0.297. The molecule has 2 bridgehead atoms. The van der Waals surface area contributed by atoms with E-state index < -0.39 is 23.0 Å². The lowest BCUT2D eigenvalue weighted by Crippen LogP contribution is -2.65. The minimum absolute atomic E-state index is 0.0623. The number of nitrogens with zero attached hydrogens (tertiary/aromatic N) is 2. The van der Waals surface area contributed by atoms with E-state index >= 15 is 0 Å². The van der Waals surface area contributed by atoms with Gasteiger partial charge in [-0.2, -0.15) is 5.06 Å². The van der Waals surface area contributed by atoms with Crippen LogP contribution >= 0.6 is 0 Å². The third-order valence-corrected chi connectivity index (χ3v) is 7.91. The summed E-state index contributed by atoms with van der Waals surface area (Å²) in [7, 11) is 3.00. The fourth-order valence-electron chi connectivity index (χ4n) is 6.76. The van der Waals surface area contributed by atoms with Gasteiger partial charge in [-0.05, 0) is 18.1 Å². The van der Waals surface area contributed by atoms with Crippen LogP contribution in [0.5, 0.6) is 5.75 Å². The predicted octanol–water partition coefficient (Wildman–Crippen LogP) is 0.649. The number of methoxy groups -OCH3 is 1. The maximum absolute atomic E-state index is 13.7. The number of aliphatic hydroxyl groups is 1. The van der Waals surface area contributed by atoms with Crippen molar-refractivity contribution >= 4 is 23.1 Å². The Bertz CT molecular complexity index is 1010. The molecule has 5 aliphatic rings. The third-order valence-electron chi connectivity index (χ3n) is 7.91. The number of aliphatic imine (C=N–C) groups is 1. The van der Waals surface area contributed by atoms with Crippen LogP contribution in [0.4, 0.5) is 5.69 Å². The van der Waals surface area contributed by atoms with Crippen molar-refractivity contribution in [3.63, 3.8) is 0 Å². The number of amides is 1. The van der Waals surface area contributed by atoms with E-state index in [2.05, 4.69) is 0 Å². The molecule has 1 saturated heterocycles. The van der Waals surface area contributed by atoms with Gasteiger partial charge in [-0.3, -0.25) is 19.4 Å². The van der Waals surface area contributed by atoms with Crippen molar-refractivity contribution in [2.45, 2.75) is 37.0 Å². The average Bonchev–Trinajstić information content (AvgIpc) is 3.16. The van der Waals surface area contributed by atoms with E-state index in [-0.39, 0.29) is 29.6 Å². The molecular formula is C21H22N2O6. The van der Waals surface area contributed by atoms with Gasteiger partial charge in [0.2, 0.25) is 0 Å². The lowest BCUT2D eigenvalue weighted by molar-refractivity contribution is -0.181. The fourth-order valence-corrected chi connectivity index (χ4v) is 6.76. The molecule has 1 aromatic carbocycles. The van der Waals surface area contributed by atoms with Crippen molar-refractivity contribution in [3.05, 3.63) is 23.8 Å². The Balaban J connectivity index is 1.55. The molecule has 152 valence electrons. The molecule has 3 heterocycles. The van der Waals surface area contributed by atoms with Gasteiger partial charge in [0.1, 0.15) is 17.3 Å². The van der Waals surface area contributed by atoms with Crippen molar-refractivity contribution < 1.29 is 29.0 Å². The predicted molar refractivity (Wildman–Crippen MR) is 101 cm³/mol. The molecule has 1 amide bonds. The second-order valence-electron chi connectivity index (χ2n) is 8.71. The normalized spacial score (nSPS) is 43.2. The quantitative estimate of drug-likeness (QED) is 0.803. The molecule has 8 heteroatoms. The molecule has 2 aliphatic carbocycles. The Morgan fingerprint density at radius 3 is 2.86 bits per heavy atom. The van der Waals surface area contributed by atoms with Crippen LogP contribution in [0, 0.1) is 17.3 Å². The van der Waals surface area contributed by atoms with Crippen LogP contribution < -0.4 is 9.80 Å². The van der Waals surface area contributed by atoms with Crippen LogP contribution in [0.3, 0.4) is 0 Å². The summed E-state index contributed by atoms with van der Waals surface area (Å²) in [6.07, 6.45) is -1.20. The third kappa shape index (κ3) is 1.68. The summed E-state index contributed by atoms with van der Waals surface area (Å²) in [6, 6.07) is 5.11. The Morgan fingerprint density at radius 2 is 2.17 bits per heavy atom. The Labute approximate surface area is 167 Å². The number of carbonyl (C=O) groups is 2. The SMILES string of the molecule is COc1ccc2c(c1)N(OC)C(=O)[C@@]21C[C@@H]2N=C(C(C)=O)[C@H]3[C@@H]4CO[C@@H]1[C@H](O)[C@@]243. The van der Waals surface area contributed by atoms with Gasteiger partial charge in [0, 0.05) is 30.2 Å². The number of hydroxylamine groups is 1. The van der Waals surface area contributed by atoms with Crippen LogP contribution in [0.2, 0.25) is 0 Å². The summed E-state index contributed by atoms with van der Waals surface area (Å²) in [4.78, 5) is 36.0. The van der Waals surface area contributed by atoms with Crippen molar-refractivity contribution in [2.24, 2.45) is 22.2 Å². The molecule has 3 fully saturated rings. The van der Waals surface area contributed by atoms with Gasteiger partial charge in [-0.25, -0.2) is 0 Å². The molecule has 6 rings (SSSR count). The minimum Gasteiger partial charge on any atom is -0.497 e. The number of hydrogen-bond donors (Lipinski definition) is 1. The van der Waals surface area contributed by atoms with Gasteiger partial charge >= 0.3 is 0 Å². The highest BCUT2D eigenvalue weighted by Gasteiger charge is 2.85. The van der Waals surface area contributed by atoms with Gasteiger partial charge in [-0.1, -0.05) is 6.07 Å². The zero-order valence-corrected chi connectivity index (χ0v) is 16.4. The maximum atomic E-state index is 13.7. The summed E-state index contributed by atoms with van der Waals surface area (Å²) in [5.74, 6) is 0.301. The largest absolute Gasteiger partial charge is 0.497 e. The van der Waals surface area contributed by atoms with Crippen LogP contribution in [0.15, 0.2) is 23.2 Å². The number of fused-ring (bicyclic) bond motifs is 5. The van der Waals surface area contributed by atoms with Crippen LogP contribution in [0.25, 0.3) is 0 Å². The number of ketones is 1. The smallest absolute Gasteiger partial charge is 0.264 e. The van der Waals surface area contributed by atoms with E-state index in [0.717, 1.165) is 5.56 Å². The lowest BCUT2D eigenvalue weighted by atomic mass is 9.59.